The first-order chi connectivity index (χ1) is 11.7. The van der Waals surface area contributed by atoms with Gasteiger partial charge in [0.1, 0.15) is 5.75 Å². The molecule has 0 amide bonds. The molecular formula is C20H32N2O2. The van der Waals surface area contributed by atoms with E-state index in [-0.39, 0.29) is 0 Å². The van der Waals surface area contributed by atoms with E-state index in [1.54, 1.807) is 7.11 Å². The maximum Gasteiger partial charge on any atom is 0.123 e. The first-order valence-corrected chi connectivity index (χ1v) is 9.33. The minimum absolute atomic E-state index is 0.402. The largest absolute Gasteiger partial charge is 0.496 e. The Balaban J connectivity index is 1.56. The molecule has 2 saturated heterocycles. The van der Waals surface area contributed by atoms with Crippen molar-refractivity contribution in [2.24, 2.45) is 0 Å². The van der Waals surface area contributed by atoms with Crippen LogP contribution >= 0.6 is 0 Å². The SMILES string of the molecule is CCOC[C@H]1CCC2(CCN(Cc3ccccc3OC)CC2)N1C. The lowest BCUT2D eigenvalue weighted by Gasteiger charge is -2.45. The van der Waals surface area contributed by atoms with Crippen LogP contribution in [0.4, 0.5) is 0 Å². The maximum atomic E-state index is 5.68. The zero-order chi connectivity index (χ0) is 17.0. The molecule has 0 radical (unpaired) electrons. The number of hydrogen-bond donors (Lipinski definition) is 0. The van der Waals surface area contributed by atoms with Gasteiger partial charge < -0.3 is 9.47 Å². The van der Waals surface area contributed by atoms with Crippen molar-refractivity contribution in [3.05, 3.63) is 29.8 Å². The van der Waals surface area contributed by atoms with Crippen LogP contribution in [0.2, 0.25) is 0 Å². The maximum absolute atomic E-state index is 5.68. The molecule has 4 nitrogen and oxygen atoms in total. The van der Waals surface area contributed by atoms with E-state index in [2.05, 4.69) is 42.0 Å². The molecule has 1 aromatic carbocycles. The van der Waals surface area contributed by atoms with Crippen LogP contribution in [0.1, 0.15) is 38.2 Å². The Hall–Kier alpha value is -1.10. The van der Waals surface area contributed by atoms with Crippen LogP contribution in [-0.2, 0) is 11.3 Å². The number of nitrogens with zero attached hydrogens (tertiary/aromatic N) is 2. The number of likely N-dealkylation sites (tertiary alicyclic amines) is 2. The lowest BCUT2D eigenvalue weighted by atomic mass is 9.85. The van der Waals surface area contributed by atoms with Gasteiger partial charge in [-0.1, -0.05) is 18.2 Å². The Kier molecular flexibility index (Phi) is 5.80. The Labute approximate surface area is 146 Å². The molecule has 24 heavy (non-hydrogen) atoms. The fourth-order valence-electron chi connectivity index (χ4n) is 4.45. The second kappa shape index (κ2) is 7.85. The zero-order valence-corrected chi connectivity index (χ0v) is 15.5. The van der Waals surface area contributed by atoms with Crippen molar-refractivity contribution in [3.8, 4) is 5.75 Å². The van der Waals surface area contributed by atoms with Crippen molar-refractivity contribution < 1.29 is 9.47 Å². The number of piperidine rings is 1. The third kappa shape index (κ3) is 3.61. The molecule has 1 atom stereocenters. The van der Waals surface area contributed by atoms with E-state index in [9.17, 15) is 0 Å². The fraction of sp³-hybridized carbons (Fsp3) is 0.700. The molecule has 0 aliphatic carbocycles. The molecule has 134 valence electrons. The molecule has 2 aliphatic rings. The number of benzene rings is 1. The highest BCUT2D eigenvalue weighted by atomic mass is 16.5. The lowest BCUT2D eigenvalue weighted by Crippen LogP contribution is -2.52. The standard InChI is InChI=1S/C20H32N2O2/c1-4-24-16-18-9-10-20(21(18)2)11-13-22(14-12-20)15-17-7-5-6-8-19(17)23-3/h5-8,18H,4,9-16H2,1-3H3/t18-/m1/s1. The van der Waals surface area contributed by atoms with E-state index < -0.39 is 0 Å². The van der Waals surface area contributed by atoms with Gasteiger partial charge in [0.15, 0.2) is 0 Å². The van der Waals surface area contributed by atoms with Crippen LogP contribution in [0, 0.1) is 0 Å². The molecule has 4 heteroatoms. The van der Waals surface area contributed by atoms with Gasteiger partial charge >= 0.3 is 0 Å². The average Bonchev–Trinajstić information content (AvgIpc) is 2.92. The van der Waals surface area contributed by atoms with Crippen molar-refractivity contribution >= 4 is 0 Å². The summed E-state index contributed by atoms with van der Waals surface area (Å²) >= 11 is 0. The molecule has 2 aliphatic heterocycles. The first kappa shape index (κ1) is 17.7. The van der Waals surface area contributed by atoms with E-state index in [1.807, 2.05) is 6.07 Å². The zero-order valence-electron chi connectivity index (χ0n) is 15.5. The molecule has 3 rings (SSSR count). The summed E-state index contributed by atoms with van der Waals surface area (Å²) in [6.07, 6.45) is 5.13. The molecule has 1 aromatic rings. The summed E-state index contributed by atoms with van der Waals surface area (Å²) in [5.41, 5.74) is 1.70. The summed E-state index contributed by atoms with van der Waals surface area (Å²) in [7, 11) is 4.07. The van der Waals surface area contributed by atoms with Gasteiger partial charge in [-0.2, -0.15) is 0 Å². The molecule has 0 unspecified atom stereocenters. The first-order valence-electron chi connectivity index (χ1n) is 9.33. The van der Waals surface area contributed by atoms with Crippen LogP contribution in [0.5, 0.6) is 5.75 Å². The Morgan fingerprint density at radius 2 is 1.92 bits per heavy atom. The molecule has 0 aromatic heterocycles. The van der Waals surface area contributed by atoms with E-state index in [4.69, 9.17) is 9.47 Å². The molecule has 0 saturated carbocycles. The van der Waals surface area contributed by atoms with Crippen molar-refractivity contribution in [1.82, 2.24) is 9.80 Å². The van der Waals surface area contributed by atoms with Gasteiger partial charge in [-0.3, -0.25) is 9.80 Å². The lowest BCUT2D eigenvalue weighted by molar-refractivity contribution is 0.0204. The third-order valence-electron chi connectivity index (χ3n) is 6.13. The van der Waals surface area contributed by atoms with Gasteiger partial charge in [0.25, 0.3) is 0 Å². The highest BCUT2D eigenvalue weighted by molar-refractivity contribution is 5.33. The van der Waals surface area contributed by atoms with E-state index in [0.717, 1.165) is 25.5 Å². The minimum atomic E-state index is 0.402. The summed E-state index contributed by atoms with van der Waals surface area (Å²) in [5, 5.41) is 0. The van der Waals surface area contributed by atoms with Gasteiger partial charge in [-0.25, -0.2) is 0 Å². The Morgan fingerprint density at radius 3 is 2.62 bits per heavy atom. The van der Waals surface area contributed by atoms with E-state index >= 15 is 0 Å². The van der Waals surface area contributed by atoms with E-state index in [1.165, 1.54) is 44.3 Å². The topological polar surface area (TPSA) is 24.9 Å². The average molecular weight is 332 g/mol. The highest BCUT2D eigenvalue weighted by Gasteiger charge is 2.45. The second-order valence-corrected chi connectivity index (χ2v) is 7.28. The Bertz CT molecular complexity index is 526. The second-order valence-electron chi connectivity index (χ2n) is 7.28. The highest BCUT2D eigenvalue weighted by Crippen LogP contribution is 2.41. The number of likely N-dealkylation sites (N-methyl/N-ethyl adjacent to an activating group) is 1. The minimum Gasteiger partial charge on any atom is -0.496 e. The number of ether oxygens (including phenoxy) is 2. The molecule has 0 bridgehead atoms. The third-order valence-corrected chi connectivity index (χ3v) is 6.13. The van der Waals surface area contributed by atoms with Crippen LogP contribution in [-0.4, -0.2) is 61.8 Å². The number of rotatable bonds is 6. The van der Waals surface area contributed by atoms with Crippen molar-refractivity contribution in [1.29, 1.82) is 0 Å². The van der Waals surface area contributed by atoms with Crippen LogP contribution in [0.3, 0.4) is 0 Å². The van der Waals surface area contributed by atoms with Gasteiger partial charge in [0, 0.05) is 43.4 Å². The monoisotopic (exact) mass is 332 g/mol. The van der Waals surface area contributed by atoms with E-state index in [0.29, 0.717) is 11.6 Å². The summed E-state index contributed by atoms with van der Waals surface area (Å²) < 4.78 is 11.2. The van der Waals surface area contributed by atoms with Gasteiger partial charge in [0.05, 0.1) is 13.7 Å². The molecule has 2 heterocycles. The van der Waals surface area contributed by atoms with Crippen molar-refractivity contribution in [2.45, 2.75) is 50.7 Å². The predicted octanol–water partition coefficient (Wildman–Crippen LogP) is 3.16. The van der Waals surface area contributed by atoms with Gasteiger partial charge in [0.2, 0.25) is 0 Å². The molecular weight excluding hydrogens is 300 g/mol. The number of hydrogen-bond acceptors (Lipinski definition) is 4. The summed E-state index contributed by atoms with van der Waals surface area (Å²) in [4.78, 5) is 5.20. The molecule has 2 fully saturated rings. The Morgan fingerprint density at radius 1 is 1.17 bits per heavy atom. The van der Waals surface area contributed by atoms with Gasteiger partial charge in [-0.15, -0.1) is 0 Å². The fourth-order valence-corrected chi connectivity index (χ4v) is 4.45. The molecule has 0 N–H and O–H groups in total. The van der Waals surface area contributed by atoms with Crippen LogP contribution < -0.4 is 4.74 Å². The molecule has 1 spiro atoms. The smallest absolute Gasteiger partial charge is 0.123 e. The number of para-hydroxylation sites is 1. The normalized spacial score (nSPS) is 24.5. The quantitative estimate of drug-likeness (QED) is 0.799. The number of methoxy groups -OCH3 is 1. The van der Waals surface area contributed by atoms with Crippen LogP contribution in [0.25, 0.3) is 0 Å². The summed E-state index contributed by atoms with van der Waals surface area (Å²) in [6.45, 7) is 7.13. The predicted molar refractivity (Wildman–Crippen MR) is 97.5 cm³/mol. The van der Waals surface area contributed by atoms with Gasteiger partial charge in [-0.05, 0) is 45.7 Å². The van der Waals surface area contributed by atoms with Crippen molar-refractivity contribution in [2.75, 3.05) is 40.5 Å². The summed E-state index contributed by atoms with van der Waals surface area (Å²) in [6, 6.07) is 8.99. The summed E-state index contributed by atoms with van der Waals surface area (Å²) in [5.74, 6) is 1.01. The van der Waals surface area contributed by atoms with Crippen molar-refractivity contribution in [3.63, 3.8) is 0 Å². The van der Waals surface area contributed by atoms with Crippen LogP contribution in [0.15, 0.2) is 24.3 Å².